The number of anilines is 2. The first kappa shape index (κ1) is 49.9. The first-order valence-corrected chi connectivity index (χ1v) is 26.4. The number of pyridine rings is 1. The summed E-state index contributed by atoms with van der Waals surface area (Å²) in [6.07, 6.45) is 6.61. The molecule has 4 fully saturated rings. The maximum Gasteiger partial charge on any atom is 0.293 e. The van der Waals surface area contributed by atoms with Gasteiger partial charge in [0.1, 0.15) is 34.4 Å². The Kier molecular flexibility index (Phi) is 14.4. The molecule has 2 atom stereocenters. The van der Waals surface area contributed by atoms with Crippen molar-refractivity contribution in [2.75, 3.05) is 76.4 Å². The standard InChI is InChI=1S/C54H61FN8O9S/c1-35(2)43-6-4-5-7-44(43)50-33-60(32-36-8-10-39(69-3)11-9-36)20-21-62(50)38-28-54(29-38)15-18-61(19-16-54)48-27-51(72-40-24-37-14-17-56-52(37)58-30-40)45(26-46(48)55)53(64)59-73(67,68)42-12-13-47(49(25-42)63(65)66)57-31-41-34-70-22-23-71-41/h4-14,17,24-27,30,35,38,41,50,57H,15-16,18-23,28-29,31-34H2,1-3H3,(H,56,58)(H,59,64)/t41-,50-/m0/s1. The summed E-state index contributed by atoms with van der Waals surface area (Å²) in [5.41, 5.74) is 4.09. The number of carbonyl (C=O) groups excluding carboxylic acids is 1. The Morgan fingerprint density at radius 3 is 2.52 bits per heavy atom. The minimum Gasteiger partial charge on any atom is -0.497 e. The largest absolute Gasteiger partial charge is 0.497 e. The summed E-state index contributed by atoms with van der Waals surface area (Å²) >= 11 is 0. The van der Waals surface area contributed by atoms with Gasteiger partial charge >= 0.3 is 0 Å². The number of methoxy groups -OCH3 is 1. The summed E-state index contributed by atoms with van der Waals surface area (Å²) in [5.74, 6) is -0.543. The van der Waals surface area contributed by atoms with Crippen molar-refractivity contribution >= 4 is 44.0 Å². The zero-order valence-electron chi connectivity index (χ0n) is 41.2. The average molecular weight is 1020 g/mol. The van der Waals surface area contributed by atoms with Crippen LogP contribution >= 0.6 is 0 Å². The summed E-state index contributed by atoms with van der Waals surface area (Å²) in [7, 11) is -3.04. The predicted octanol–water partition coefficient (Wildman–Crippen LogP) is 8.79. The molecule has 6 aromatic rings. The van der Waals surface area contributed by atoms with Crippen LogP contribution in [-0.2, 0) is 26.0 Å². The highest BCUT2D eigenvalue weighted by molar-refractivity contribution is 7.90. The molecule has 0 unspecified atom stereocenters. The summed E-state index contributed by atoms with van der Waals surface area (Å²) in [5, 5.41) is 15.8. The molecule has 384 valence electrons. The zero-order valence-corrected chi connectivity index (χ0v) is 42.0. The fraction of sp³-hybridized carbons (Fsp3) is 0.407. The lowest BCUT2D eigenvalue weighted by Crippen LogP contribution is -2.60. The summed E-state index contributed by atoms with van der Waals surface area (Å²) in [4.78, 5) is 39.6. The van der Waals surface area contributed by atoms with Crippen molar-refractivity contribution in [1.29, 1.82) is 0 Å². The number of amides is 1. The SMILES string of the molecule is COc1ccc(CN2CCN(C3CC4(CCN(c5cc(Oc6cnc7[nH]ccc7c6)c(C(=O)NS(=O)(=O)c6ccc(NC[C@H]7COCCO7)c([N+](=O)[O-])c6)cc5F)CC4)C3)[C@H](c3ccccc3C(C)C)C2)cc1. The number of aromatic amines is 1. The molecule has 1 amide bonds. The van der Waals surface area contributed by atoms with E-state index in [9.17, 15) is 23.3 Å². The number of nitro groups is 1. The van der Waals surface area contributed by atoms with E-state index in [-0.39, 0.29) is 47.0 Å². The van der Waals surface area contributed by atoms with Gasteiger partial charge in [-0.05, 0) is 96.2 Å². The number of fused-ring (bicyclic) bond motifs is 1. The van der Waals surface area contributed by atoms with E-state index in [1.165, 1.54) is 35.0 Å². The predicted molar refractivity (Wildman–Crippen MR) is 275 cm³/mol. The molecule has 0 bridgehead atoms. The molecule has 3 aliphatic heterocycles. The fourth-order valence-electron chi connectivity index (χ4n) is 11.1. The number of hydrogen-bond acceptors (Lipinski definition) is 14. The van der Waals surface area contributed by atoms with Crippen LogP contribution in [0, 0.1) is 21.3 Å². The maximum absolute atomic E-state index is 16.6. The first-order chi connectivity index (χ1) is 35.2. The maximum atomic E-state index is 16.6. The number of halogens is 1. The van der Waals surface area contributed by atoms with Crippen LogP contribution in [0.1, 0.15) is 78.5 Å². The Morgan fingerprint density at radius 1 is 0.986 bits per heavy atom. The lowest BCUT2D eigenvalue weighted by atomic mass is 9.59. The van der Waals surface area contributed by atoms with Gasteiger partial charge in [-0.15, -0.1) is 0 Å². The van der Waals surface area contributed by atoms with Gasteiger partial charge in [0.05, 0.1) is 60.3 Å². The molecule has 3 N–H and O–H groups in total. The molecular formula is C54H61FN8O9S. The van der Waals surface area contributed by atoms with Gasteiger partial charge < -0.3 is 34.1 Å². The number of hydrogen-bond donors (Lipinski definition) is 3. The minimum absolute atomic E-state index is 0.0547. The van der Waals surface area contributed by atoms with Crippen molar-refractivity contribution in [2.24, 2.45) is 5.41 Å². The third-order valence-electron chi connectivity index (χ3n) is 15.0. The number of piperidine rings is 1. The Bertz CT molecular complexity index is 3080. The highest BCUT2D eigenvalue weighted by atomic mass is 32.2. The third kappa shape index (κ3) is 10.9. The number of H-pyrrole nitrogens is 1. The number of piperazine rings is 1. The zero-order chi connectivity index (χ0) is 50.9. The van der Waals surface area contributed by atoms with E-state index in [4.69, 9.17) is 18.9 Å². The lowest BCUT2D eigenvalue weighted by Gasteiger charge is -2.58. The third-order valence-corrected chi connectivity index (χ3v) is 16.4. The van der Waals surface area contributed by atoms with E-state index in [0.717, 1.165) is 81.2 Å². The quantitative estimate of drug-likeness (QED) is 0.0615. The van der Waals surface area contributed by atoms with E-state index < -0.39 is 42.8 Å². The Morgan fingerprint density at radius 2 is 1.78 bits per heavy atom. The molecule has 17 nitrogen and oxygen atoms in total. The fourth-order valence-corrected chi connectivity index (χ4v) is 12.1. The Labute approximate surface area is 424 Å². The molecule has 3 saturated heterocycles. The lowest BCUT2D eigenvalue weighted by molar-refractivity contribution is -0.384. The van der Waals surface area contributed by atoms with E-state index in [1.54, 1.807) is 25.4 Å². The van der Waals surface area contributed by atoms with E-state index in [2.05, 4.69) is 75.3 Å². The van der Waals surface area contributed by atoms with Crippen molar-refractivity contribution in [3.05, 3.63) is 142 Å². The topological polar surface area (TPSA) is 194 Å². The van der Waals surface area contributed by atoms with Gasteiger partial charge in [-0.3, -0.25) is 24.7 Å². The van der Waals surface area contributed by atoms with Gasteiger partial charge in [0.2, 0.25) is 0 Å². The first-order valence-electron chi connectivity index (χ1n) is 24.9. The number of carbonyl (C=O) groups is 1. The monoisotopic (exact) mass is 1020 g/mol. The van der Waals surface area contributed by atoms with Crippen LogP contribution in [0.4, 0.5) is 21.5 Å². The second kappa shape index (κ2) is 21.1. The van der Waals surface area contributed by atoms with E-state index >= 15 is 4.39 Å². The number of nitrogens with one attached hydrogen (secondary N) is 3. The Hall–Kier alpha value is -6.64. The van der Waals surface area contributed by atoms with Crippen molar-refractivity contribution in [2.45, 2.75) is 75.1 Å². The van der Waals surface area contributed by atoms with Gasteiger partial charge in [0.15, 0.2) is 0 Å². The molecule has 2 aromatic heterocycles. The minimum atomic E-state index is -4.73. The number of benzene rings is 4. The summed E-state index contributed by atoms with van der Waals surface area (Å²) in [6.45, 7) is 10.7. The van der Waals surface area contributed by atoms with Gasteiger partial charge in [-0.25, -0.2) is 22.5 Å². The molecular weight excluding hydrogens is 956 g/mol. The van der Waals surface area contributed by atoms with Gasteiger partial charge in [-0.2, -0.15) is 0 Å². The number of aromatic nitrogens is 2. The van der Waals surface area contributed by atoms with Crippen LogP contribution in [0.15, 0.2) is 108 Å². The van der Waals surface area contributed by atoms with Crippen LogP contribution in [0.25, 0.3) is 11.0 Å². The normalized spacial score (nSPS) is 19.7. The van der Waals surface area contributed by atoms with Gasteiger partial charge in [0.25, 0.3) is 21.6 Å². The summed E-state index contributed by atoms with van der Waals surface area (Å²) < 4.78 is 68.8. The number of rotatable bonds is 16. The highest BCUT2D eigenvalue weighted by Crippen LogP contribution is 2.53. The van der Waals surface area contributed by atoms with Gasteiger partial charge in [0, 0.05) is 81.6 Å². The molecule has 4 aromatic carbocycles. The second-order valence-corrected chi connectivity index (χ2v) is 21.7. The number of nitrogens with zero attached hydrogens (tertiary/aromatic N) is 5. The van der Waals surface area contributed by atoms with Crippen molar-refractivity contribution in [1.82, 2.24) is 24.5 Å². The highest BCUT2D eigenvalue weighted by Gasteiger charge is 2.50. The number of ether oxygens (including phenoxy) is 4. The van der Waals surface area contributed by atoms with Crippen LogP contribution < -0.4 is 24.4 Å². The van der Waals surface area contributed by atoms with Crippen molar-refractivity contribution in [3.8, 4) is 17.2 Å². The van der Waals surface area contributed by atoms with Gasteiger partial charge in [-0.1, -0.05) is 50.2 Å². The molecule has 73 heavy (non-hydrogen) atoms. The molecule has 19 heteroatoms. The number of nitro benzene ring substituents is 1. The van der Waals surface area contributed by atoms with E-state index in [0.29, 0.717) is 50.5 Å². The molecule has 10 rings (SSSR count). The number of sulfonamides is 1. The molecule has 0 radical (unpaired) electrons. The molecule has 1 spiro atoms. The molecule has 1 saturated carbocycles. The van der Waals surface area contributed by atoms with Crippen LogP contribution in [0.2, 0.25) is 0 Å². The van der Waals surface area contributed by atoms with Crippen LogP contribution in [0.3, 0.4) is 0 Å². The van der Waals surface area contributed by atoms with E-state index in [1.807, 2.05) is 21.8 Å². The molecule has 5 heterocycles. The summed E-state index contributed by atoms with van der Waals surface area (Å²) in [6, 6.07) is 27.0. The van der Waals surface area contributed by atoms with Crippen LogP contribution in [-0.4, -0.2) is 117 Å². The molecule has 1 aliphatic carbocycles. The smallest absolute Gasteiger partial charge is 0.293 e. The van der Waals surface area contributed by atoms with Crippen LogP contribution in [0.5, 0.6) is 17.2 Å². The van der Waals surface area contributed by atoms with Crippen molar-refractivity contribution < 1.29 is 41.5 Å². The second-order valence-electron chi connectivity index (χ2n) is 20.0. The Balaban J connectivity index is 0.850. The average Bonchev–Trinajstić information content (AvgIpc) is 3.86. The molecule has 4 aliphatic rings. The van der Waals surface area contributed by atoms with Crippen molar-refractivity contribution in [3.63, 3.8) is 0 Å².